The predicted octanol–water partition coefficient (Wildman–Crippen LogP) is 2.23. The molecule has 0 aliphatic heterocycles. The summed E-state index contributed by atoms with van der Waals surface area (Å²) in [7, 11) is -4.14. The topological polar surface area (TPSA) is 217 Å². The molecular formula is C22H18ClN9O5S. The summed E-state index contributed by atoms with van der Waals surface area (Å²) in [6.07, 6.45) is 1.50. The fourth-order valence-electron chi connectivity index (χ4n) is 3.40. The second kappa shape index (κ2) is 9.53. The Labute approximate surface area is 219 Å². The van der Waals surface area contributed by atoms with Gasteiger partial charge in [0.1, 0.15) is 5.75 Å². The van der Waals surface area contributed by atoms with Crippen LogP contribution in [0.4, 0.5) is 17.6 Å². The summed E-state index contributed by atoms with van der Waals surface area (Å²) >= 11 is 5.86. The number of aromatic hydroxyl groups is 1. The molecule has 14 nitrogen and oxygen atoms in total. The average molecular weight is 556 g/mol. The fourth-order valence-corrected chi connectivity index (χ4v) is 4.79. The number of halogens is 1. The first-order chi connectivity index (χ1) is 18.1. The highest BCUT2D eigenvalue weighted by Crippen LogP contribution is 2.31. The van der Waals surface area contributed by atoms with E-state index in [1.54, 1.807) is 24.3 Å². The number of sulfonamides is 1. The zero-order valence-electron chi connectivity index (χ0n) is 19.2. The number of primary amides is 1. The van der Waals surface area contributed by atoms with Crippen LogP contribution in [-0.4, -0.2) is 44.0 Å². The number of carbonyl (C=O) groups is 1. The minimum Gasteiger partial charge on any atom is -0.506 e. The van der Waals surface area contributed by atoms with Gasteiger partial charge in [-0.2, -0.15) is 19.5 Å². The molecular weight excluding hydrogens is 538 g/mol. The van der Waals surface area contributed by atoms with Gasteiger partial charge in [-0.1, -0.05) is 23.7 Å². The second-order valence-corrected chi connectivity index (χ2v) is 9.94. The van der Waals surface area contributed by atoms with E-state index in [9.17, 15) is 18.3 Å². The first-order valence-corrected chi connectivity index (χ1v) is 12.6. The molecule has 5 rings (SSSR count). The third kappa shape index (κ3) is 4.87. The third-order valence-electron chi connectivity index (χ3n) is 5.24. The molecule has 0 fully saturated rings. The van der Waals surface area contributed by atoms with Crippen molar-refractivity contribution in [2.24, 2.45) is 5.73 Å². The third-order valence-corrected chi connectivity index (χ3v) is 6.89. The van der Waals surface area contributed by atoms with E-state index in [4.69, 9.17) is 27.5 Å². The summed E-state index contributed by atoms with van der Waals surface area (Å²) in [4.78, 5) is 23.9. The molecule has 5 aromatic rings. The Hall–Kier alpha value is -4.89. The van der Waals surface area contributed by atoms with Crippen LogP contribution in [0.5, 0.6) is 5.75 Å². The van der Waals surface area contributed by atoms with E-state index in [2.05, 4.69) is 30.1 Å². The second-order valence-electron chi connectivity index (χ2n) is 7.85. The lowest BCUT2D eigenvalue weighted by Gasteiger charge is -2.11. The van der Waals surface area contributed by atoms with Crippen molar-refractivity contribution in [1.29, 1.82) is 0 Å². The van der Waals surface area contributed by atoms with Gasteiger partial charge < -0.3 is 26.3 Å². The Balaban J connectivity index is 1.28. The van der Waals surface area contributed by atoms with E-state index in [1.807, 2.05) is 0 Å². The predicted molar refractivity (Wildman–Crippen MR) is 137 cm³/mol. The van der Waals surface area contributed by atoms with Gasteiger partial charge in [-0.25, -0.2) is 8.42 Å². The van der Waals surface area contributed by atoms with Crippen LogP contribution >= 0.6 is 11.6 Å². The highest BCUT2D eigenvalue weighted by atomic mass is 35.5. The number of hydrogen-bond acceptors (Lipinski definition) is 11. The van der Waals surface area contributed by atoms with E-state index in [0.29, 0.717) is 11.6 Å². The largest absolute Gasteiger partial charge is 0.506 e. The van der Waals surface area contributed by atoms with Crippen molar-refractivity contribution < 1.29 is 22.7 Å². The van der Waals surface area contributed by atoms with Gasteiger partial charge in [0.05, 0.1) is 21.7 Å². The summed E-state index contributed by atoms with van der Waals surface area (Å²) in [6, 6.07) is 11.8. The van der Waals surface area contributed by atoms with E-state index < -0.39 is 27.2 Å². The van der Waals surface area contributed by atoms with Crippen molar-refractivity contribution in [3.8, 4) is 17.3 Å². The maximum absolute atomic E-state index is 12.8. The number of amides is 1. The Morgan fingerprint density at radius 1 is 1.13 bits per heavy atom. The van der Waals surface area contributed by atoms with Gasteiger partial charge in [0.25, 0.3) is 21.7 Å². The number of benzene rings is 2. The van der Waals surface area contributed by atoms with Crippen LogP contribution in [0.15, 0.2) is 64.1 Å². The van der Waals surface area contributed by atoms with Crippen molar-refractivity contribution in [3.63, 3.8) is 0 Å². The minimum atomic E-state index is -4.14. The van der Waals surface area contributed by atoms with Crippen LogP contribution in [0.2, 0.25) is 5.02 Å². The number of nitrogen functional groups attached to an aromatic ring is 1. The number of carbonyl (C=O) groups excluding carboxylic acids is 1. The quantitative estimate of drug-likeness (QED) is 0.187. The Morgan fingerprint density at radius 3 is 2.58 bits per heavy atom. The Bertz CT molecular complexity index is 1770. The molecule has 2 aromatic carbocycles. The van der Waals surface area contributed by atoms with E-state index in [-0.39, 0.29) is 39.8 Å². The smallest absolute Gasteiger partial charge is 0.261 e. The number of fused-ring (bicyclic) bond motifs is 1. The van der Waals surface area contributed by atoms with Gasteiger partial charge in [0, 0.05) is 12.2 Å². The molecule has 7 N–H and O–H groups in total. The standard InChI is InChI=1S/C22H18ClN9O5S/c23-15-9-13(8-14(17(15)33)18(24)34)38(35,36)31-12-5-3-11(4-6-12)10-26-21-28-20(25)32-22(29-21)27-19(30-32)16-2-1-7-37-16/h1-9,31,33H,10H2,(H2,24,34)(H3,25,26,27,28,29,30). The van der Waals surface area contributed by atoms with Crippen LogP contribution in [0, 0.1) is 0 Å². The molecule has 1 amide bonds. The molecule has 0 spiro atoms. The minimum absolute atomic E-state index is 0.0707. The van der Waals surface area contributed by atoms with Crippen LogP contribution in [0.25, 0.3) is 17.4 Å². The fraction of sp³-hybridized carbons (Fsp3) is 0.0455. The normalized spacial score (nSPS) is 11.5. The number of phenols is 1. The number of nitrogens with zero attached hydrogens (tertiary/aromatic N) is 5. The highest BCUT2D eigenvalue weighted by molar-refractivity contribution is 7.92. The lowest BCUT2D eigenvalue weighted by atomic mass is 10.2. The van der Waals surface area contributed by atoms with Gasteiger partial charge in [-0.05, 0) is 42.0 Å². The van der Waals surface area contributed by atoms with Crippen LogP contribution < -0.4 is 21.5 Å². The van der Waals surface area contributed by atoms with E-state index in [1.165, 1.54) is 22.9 Å². The van der Waals surface area contributed by atoms with Crippen molar-refractivity contribution in [2.75, 3.05) is 15.8 Å². The van der Waals surface area contributed by atoms with Crippen molar-refractivity contribution in [3.05, 3.63) is 70.9 Å². The number of hydrogen-bond donors (Lipinski definition) is 5. The summed E-state index contributed by atoms with van der Waals surface area (Å²) in [5.74, 6) is -0.334. The van der Waals surface area contributed by atoms with Crippen molar-refractivity contribution >= 4 is 50.9 Å². The average Bonchev–Trinajstić information content (AvgIpc) is 3.55. The van der Waals surface area contributed by atoms with Crippen LogP contribution in [-0.2, 0) is 16.6 Å². The Morgan fingerprint density at radius 2 is 1.89 bits per heavy atom. The molecule has 38 heavy (non-hydrogen) atoms. The maximum atomic E-state index is 12.8. The monoisotopic (exact) mass is 555 g/mol. The molecule has 0 bridgehead atoms. The van der Waals surface area contributed by atoms with E-state index in [0.717, 1.165) is 17.7 Å². The molecule has 0 radical (unpaired) electrons. The van der Waals surface area contributed by atoms with Crippen molar-refractivity contribution in [1.82, 2.24) is 24.6 Å². The molecule has 16 heteroatoms. The number of aromatic nitrogens is 5. The molecule has 0 saturated heterocycles. The van der Waals surface area contributed by atoms with Gasteiger partial charge in [0.2, 0.25) is 17.7 Å². The van der Waals surface area contributed by atoms with Gasteiger partial charge in [-0.15, -0.1) is 5.10 Å². The van der Waals surface area contributed by atoms with E-state index >= 15 is 0 Å². The summed E-state index contributed by atoms with van der Waals surface area (Å²) < 4.78 is 34.5. The maximum Gasteiger partial charge on any atom is 0.261 e. The summed E-state index contributed by atoms with van der Waals surface area (Å²) in [5, 5.41) is 16.8. The summed E-state index contributed by atoms with van der Waals surface area (Å²) in [5.41, 5.74) is 11.8. The number of anilines is 3. The summed E-state index contributed by atoms with van der Waals surface area (Å²) in [6.45, 7) is 0.289. The number of furan rings is 1. The number of nitrogens with two attached hydrogens (primary N) is 2. The molecule has 0 aliphatic carbocycles. The molecule has 194 valence electrons. The van der Waals surface area contributed by atoms with Gasteiger partial charge in [0.15, 0.2) is 5.76 Å². The molecule has 0 saturated carbocycles. The zero-order valence-corrected chi connectivity index (χ0v) is 20.7. The highest BCUT2D eigenvalue weighted by Gasteiger charge is 2.21. The number of rotatable bonds is 8. The Kier molecular flexibility index (Phi) is 6.22. The zero-order chi connectivity index (χ0) is 27.0. The van der Waals surface area contributed by atoms with Gasteiger partial charge in [-0.3, -0.25) is 9.52 Å². The number of nitrogens with one attached hydrogen (secondary N) is 2. The molecule has 0 unspecified atom stereocenters. The molecule has 3 aromatic heterocycles. The molecule has 0 atom stereocenters. The SMILES string of the molecule is NC(=O)c1cc(S(=O)(=O)Nc2ccc(CNc3nc(N)n4nc(-c5ccco5)nc4n3)cc2)cc(Cl)c1O. The molecule has 0 aliphatic rings. The lowest BCUT2D eigenvalue weighted by molar-refractivity contribution is 0.0997. The first-order valence-electron chi connectivity index (χ1n) is 10.7. The van der Waals surface area contributed by atoms with Crippen LogP contribution in [0.1, 0.15) is 15.9 Å². The molecule has 3 heterocycles. The van der Waals surface area contributed by atoms with Crippen LogP contribution in [0.3, 0.4) is 0 Å². The van der Waals surface area contributed by atoms with Gasteiger partial charge >= 0.3 is 0 Å². The first kappa shape index (κ1) is 24.8. The van der Waals surface area contributed by atoms with Crippen molar-refractivity contribution in [2.45, 2.75) is 11.4 Å². The lowest BCUT2D eigenvalue weighted by Crippen LogP contribution is -2.16.